The van der Waals surface area contributed by atoms with E-state index in [-0.39, 0.29) is 51.2 Å². The summed E-state index contributed by atoms with van der Waals surface area (Å²) in [4.78, 5) is 29.8. The van der Waals surface area contributed by atoms with E-state index in [1.807, 2.05) is 0 Å². The van der Waals surface area contributed by atoms with Crippen LogP contribution in [-0.2, 0) is 17.1 Å². The quantitative estimate of drug-likeness (QED) is 0.135. The molecule has 10 nitrogen and oxygen atoms in total. The Bertz CT molecular complexity index is 1420. The fourth-order valence-corrected chi connectivity index (χ4v) is 3.03. The molecule has 0 bridgehead atoms. The van der Waals surface area contributed by atoms with Gasteiger partial charge in [-0.1, -0.05) is 24.3 Å². The number of carboxylic acid groups (broad SMARTS) is 2. The van der Waals surface area contributed by atoms with Crippen molar-refractivity contribution in [1.82, 2.24) is 0 Å². The van der Waals surface area contributed by atoms with Crippen molar-refractivity contribution >= 4 is 35.7 Å². The molecule has 39 heavy (non-hydrogen) atoms. The number of aromatic carboxylic acids is 2. The molecule has 11 heteroatoms. The standard InChI is InChI=1S/2C14H11NO4.Cu/c2*16-12-4-2-1-3-9(12)8-15-10-5-6-13(17)11(7-10)14(18)19;/h2*1-8,16-17H,(H,18,19);. The van der Waals surface area contributed by atoms with Crippen LogP contribution in [0.5, 0.6) is 23.0 Å². The second-order valence-electron chi connectivity index (χ2n) is 7.65. The van der Waals surface area contributed by atoms with Gasteiger partial charge in [0, 0.05) is 40.6 Å². The molecule has 4 rings (SSSR count). The van der Waals surface area contributed by atoms with Crippen LogP contribution >= 0.6 is 0 Å². The molecule has 0 spiro atoms. The van der Waals surface area contributed by atoms with Gasteiger partial charge in [-0.15, -0.1) is 0 Å². The fraction of sp³-hybridized carbons (Fsp3) is 0. The van der Waals surface area contributed by atoms with Gasteiger partial charge >= 0.3 is 11.9 Å². The van der Waals surface area contributed by atoms with Crippen molar-refractivity contribution < 1.29 is 57.3 Å². The van der Waals surface area contributed by atoms with E-state index in [0.29, 0.717) is 22.5 Å². The molecule has 0 aliphatic rings. The van der Waals surface area contributed by atoms with Crippen molar-refractivity contribution in [2.45, 2.75) is 0 Å². The maximum Gasteiger partial charge on any atom is 0.339 e. The first-order chi connectivity index (χ1) is 18.2. The predicted octanol–water partition coefficient (Wildman–Crippen LogP) is 5.09. The Balaban J connectivity index is 0.000000267. The third-order valence-corrected chi connectivity index (χ3v) is 5.00. The summed E-state index contributed by atoms with van der Waals surface area (Å²) < 4.78 is 0. The summed E-state index contributed by atoms with van der Waals surface area (Å²) in [6.45, 7) is 0. The van der Waals surface area contributed by atoms with E-state index >= 15 is 0 Å². The maximum absolute atomic E-state index is 10.9. The van der Waals surface area contributed by atoms with Gasteiger partial charge in [-0.3, -0.25) is 9.98 Å². The molecule has 0 heterocycles. The van der Waals surface area contributed by atoms with Crippen LogP contribution in [0, 0.1) is 0 Å². The first-order valence-corrected chi connectivity index (χ1v) is 10.9. The van der Waals surface area contributed by atoms with Gasteiger partial charge in [0.2, 0.25) is 0 Å². The molecule has 1 radical (unpaired) electrons. The number of phenolic OH excluding ortho intramolecular Hbond substituents is 2. The predicted molar refractivity (Wildman–Crippen MR) is 141 cm³/mol. The normalized spacial score (nSPS) is 10.5. The van der Waals surface area contributed by atoms with Crippen molar-refractivity contribution in [3.8, 4) is 23.0 Å². The van der Waals surface area contributed by atoms with Gasteiger partial charge in [0.05, 0.1) is 11.4 Å². The molecule has 0 atom stereocenters. The van der Waals surface area contributed by atoms with E-state index in [9.17, 15) is 30.0 Å². The van der Waals surface area contributed by atoms with E-state index in [4.69, 9.17) is 10.2 Å². The minimum atomic E-state index is -1.22. The number of carboxylic acids is 2. The molecule has 0 amide bonds. The van der Waals surface area contributed by atoms with Gasteiger partial charge in [0.15, 0.2) is 0 Å². The monoisotopic (exact) mass is 577 g/mol. The summed E-state index contributed by atoms with van der Waals surface area (Å²) in [6, 6.07) is 21.3. The van der Waals surface area contributed by atoms with Crippen molar-refractivity contribution in [3.63, 3.8) is 0 Å². The molecule has 4 aromatic carbocycles. The third-order valence-electron chi connectivity index (χ3n) is 5.00. The second-order valence-corrected chi connectivity index (χ2v) is 7.65. The zero-order valence-electron chi connectivity index (χ0n) is 19.9. The average molecular weight is 578 g/mol. The molecule has 203 valence electrons. The van der Waals surface area contributed by atoms with Crippen molar-refractivity contribution in [1.29, 1.82) is 0 Å². The van der Waals surface area contributed by atoms with Crippen LogP contribution in [0.2, 0.25) is 0 Å². The minimum absolute atomic E-state index is 0. The molecule has 0 fully saturated rings. The van der Waals surface area contributed by atoms with Crippen LogP contribution in [0.3, 0.4) is 0 Å². The van der Waals surface area contributed by atoms with E-state index in [0.717, 1.165) is 0 Å². The van der Waals surface area contributed by atoms with E-state index < -0.39 is 11.9 Å². The number of hydrogen-bond donors (Lipinski definition) is 6. The summed E-state index contributed by atoms with van der Waals surface area (Å²) in [5, 5.41) is 55.6. The second kappa shape index (κ2) is 14.0. The molecule has 0 aliphatic heterocycles. The first kappa shape index (κ1) is 30.1. The molecule has 0 aliphatic carbocycles. The number of para-hydroxylation sites is 2. The topological polar surface area (TPSA) is 180 Å². The van der Waals surface area contributed by atoms with Gasteiger partial charge in [-0.2, -0.15) is 0 Å². The molecular weight excluding hydrogens is 556 g/mol. The third kappa shape index (κ3) is 8.46. The van der Waals surface area contributed by atoms with Crippen LogP contribution in [-0.4, -0.2) is 55.0 Å². The molecule has 0 saturated heterocycles. The Kier molecular flexibility index (Phi) is 10.8. The zero-order valence-corrected chi connectivity index (χ0v) is 20.9. The Morgan fingerprint density at radius 1 is 0.538 bits per heavy atom. The Morgan fingerprint density at radius 2 is 0.897 bits per heavy atom. The van der Waals surface area contributed by atoms with Gasteiger partial charge in [-0.25, -0.2) is 9.59 Å². The van der Waals surface area contributed by atoms with Crippen LogP contribution < -0.4 is 0 Å². The Morgan fingerprint density at radius 3 is 1.23 bits per heavy atom. The van der Waals surface area contributed by atoms with Gasteiger partial charge in [-0.05, 0) is 60.7 Å². The van der Waals surface area contributed by atoms with Crippen LogP contribution in [0.15, 0.2) is 94.9 Å². The van der Waals surface area contributed by atoms with Gasteiger partial charge in [0.25, 0.3) is 0 Å². The van der Waals surface area contributed by atoms with Crippen molar-refractivity contribution in [2.75, 3.05) is 0 Å². The summed E-state index contributed by atoms with van der Waals surface area (Å²) in [5.74, 6) is -2.90. The molecule has 0 saturated carbocycles. The van der Waals surface area contributed by atoms with Crippen molar-refractivity contribution in [2.24, 2.45) is 9.98 Å². The summed E-state index contributed by atoms with van der Waals surface area (Å²) >= 11 is 0. The number of benzene rings is 4. The molecule has 6 N–H and O–H groups in total. The van der Waals surface area contributed by atoms with Crippen LogP contribution in [0.25, 0.3) is 0 Å². The molecule has 0 unspecified atom stereocenters. The molecule has 4 aromatic rings. The summed E-state index contributed by atoms with van der Waals surface area (Å²) in [6.07, 6.45) is 2.85. The Hall–Kier alpha value is -5.12. The van der Waals surface area contributed by atoms with Crippen molar-refractivity contribution in [3.05, 3.63) is 107 Å². The zero-order chi connectivity index (χ0) is 27.7. The first-order valence-electron chi connectivity index (χ1n) is 10.9. The Labute approximate surface area is 233 Å². The number of carbonyl (C=O) groups is 2. The number of hydrogen-bond acceptors (Lipinski definition) is 8. The number of rotatable bonds is 6. The smallest absolute Gasteiger partial charge is 0.339 e. The van der Waals surface area contributed by atoms with Gasteiger partial charge in [0.1, 0.15) is 34.1 Å². The maximum atomic E-state index is 10.9. The van der Waals surface area contributed by atoms with Gasteiger partial charge < -0.3 is 30.6 Å². The number of aromatic hydroxyl groups is 4. The number of aliphatic imine (C=N–C) groups is 2. The van der Waals surface area contributed by atoms with E-state index in [1.165, 1.54) is 61.0 Å². The molecule has 0 aromatic heterocycles. The largest absolute Gasteiger partial charge is 0.507 e. The SMILES string of the molecule is O=C(O)c1cc(N=Cc2ccccc2O)ccc1O.O=C(O)c1cc(N=Cc2ccccc2O)ccc1O.[Cu]. The number of phenols is 4. The fourth-order valence-electron chi connectivity index (χ4n) is 3.03. The van der Waals surface area contributed by atoms with Crippen LogP contribution in [0.4, 0.5) is 11.4 Å². The van der Waals surface area contributed by atoms with E-state index in [1.54, 1.807) is 36.4 Å². The average Bonchev–Trinajstić information content (AvgIpc) is 2.89. The number of nitrogens with zero attached hydrogens (tertiary/aromatic N) is 2. The summed E-state index contributed by atoms with van der Waals surface area (Å²) in [7, 11) is 0. The van der Waals surface area contributed by atoms with Crippen LogP contribution in [0.1, 0.15) is 31.8 Å². The minimum Gasteiger partial charge on any atom is -0.507 e. The summed E-state index contributed by atoms with van der Waals surface area (Å²) in [5.41, 5.74) is 1.36. The molecular formula is C28H22CuN2O8. The van der Waals surface area contributed by atoms with E-state index in [2.05, 4.69) is 9.98 Å².